The van der Waals surface area contributed by atoms with Crippen molar-refractivity contribution in [2.75, 3.05) is 40.2 Å². The fourth-order valence-electron chi connectivity index (χ4n) is 5.10. The Morgan fingerprint density at radius 2 is 1.73 bits per heavy atom. The molecule has 0 spiro atoms. The number of hydrogen-bond donors (Lipinski definition) is 0. The zero-order chi connectivity index (χ0) is 29.1. The first-order valence-corrected chi connectivity index (χ1v) is 13.6. The van der Waals surface area contributed by atoms with Gasteiger partial charge in [0.1, 0.15) is 13.3 Å². The maximum atomic E-state index is 15.1. The number of likely N-dealkylation sites (tertiary alicyclic amines) is 1. The van der Waals surface area contributed by atoms with Crippen molar-refractivity contribution in [3.05, 3.63) is 62.6 Å². The highest BCUT2D eigenvalue weighted by molar-refractivity contribution is 5.80. The fourth-order valence-corrected chi connectivity index (χ4v) is 5.10. The van der Waals surface area contributed by atoms with Crippen molar-refractivity contribution in [2.45, 2.75) is 44.4 Å². The molecule has 1 saturated carbocycles. The van der Waals surface area contributed by atoms with E-state index in [1.165, 1.54) is 11.7 Å². The minimum atomic E-state index is -1.53. The summed E-state index contributed by atoms with van der Waals surface area (Å²) in [6, 6.07) is 6.82. The highest BCUT2D eigenvalue weighted by Gasteiger charge is 2.27. The van der Waals surface area contributed by atoms with Crippen LogP contribution >= 0.6 is 0 Å². The van der Waals surface area contributed by atoms with Crippen LogP contribution in [0.2, 0.25) is 0 Å². The van der Waals surface area contributed by atoms with Crippen LogP contribution in [-0.2, 0) is 11.3 Å². The number of amides is 1. The van der Waals surface area contributed by atoms with E-state index in [1.807, 2.05) is 0 Å². The van der Waals surface area contributed by atoms with E-state index in [4.69, 9.17) is 14.2 Å². The molecule has 41 heavy (non-hydrogen) atoms. The molecule has 1 aliphatic heterocycles. The number of carbonyl (C=O) groups excluding carboxylic acids is 1. The molecular formula is C29H32F3N3O6. The Balaban J connectivity index is 1.59. The van der Waals surface area contributed by atoms with Crippen molar-refractivity contribution in [3.63, 3.8) is 0 Å². The number of piperidine rings is 1. The summed E-state index contributed by atoms with van der Waals surface area (Å²) in [5.41, 5.74) is -0.709. The topological polar surface area (TPSA) is 92.0 Å². The summed E-state index contributed by atoms with van der Waals surface area (Å²) in [6.07, 6.45) is 2.29. The number of fused-ring (bicyclic) bond motifs is 1. The van der Waals surface area contributed by atoms with Gasteiger partial charge in [-0.05, 0) is 55.4 Å². The van der Waals surface area contributed by atoms with E-state index in [1.54, 1.807) is 23.1 Å². The predicted molar refractivity (Wildman–Crippen MR) is 145 cm³/mol. The summed E-state index contributed by atoms with van der Waals surface area (Å²) >= 11 is 0. The molecule has 1 aromatic heterocycles. The minimum absolute atomic E-state index is 0.0355. The van der Waals surface area contributed by atoms with Gasteiger partial charge in [-0.1, -0.05) is 6.07 Å². The summed E-state index contributed by atoms with van der Waals surface area (Å²) in [5.74, 6) is 0.115. The predicted octanol–water partition coefficient (Wildman–Crippen LogP) is 3.63. The standard InChI is InChI=1S/C29H32F3N3O6/c1-39-27-10-19(4-5-25(27)40-16-18-2-3-18)15-34-28(37)22-11-26(41-21(13-30)14-31)23(32)12-24(22)35(29(34)38)20-6-8-33(17-36)9-7-20/h4-5,10-12,17-18,20-21H,2-3,6-9,13-16H2,1H3. The van der Waals surface area contributed by atoms with Crippen LogP contribution in [0.1, 0.15) is 37.3 Å². The summed E-state index contributed by atoms with van der Waals surface area (Å²) in [6.45, 7) is -1.13. The molecule has 0 atom stereocenters. The first-order chi connectivity index (χ1) is 19.9. The monoisotopic (exact) mass is 575 g/mol. The van der Waals surface area contributed by atoms with E-state index < -0.39 is 48.3 Å². The summed E-state index contributed by atoms with van der Waals surface area (Å²) < 4.78 is 60.3. The Hall–Kier alpha value is -3.96. The van der Waals surface area contributed by atoms with Crippen LogP contribution in [0.15, 0.2) is 39.9 Å². The molecule has 1 aliphatic carbocycles. The number of carbonyl (C=O) groups is 1. The van der Waals surface area contributed by atoms with Crippen LogP contribution in [-0.4, -0.2) is 66.7 Å². The molecule has 2 heterocycles. The number of alkyl halides is 2. The molecule has 1 amide bonds. The zero-order valence-corrected chi connectivity index (χ0v) is 22.7. The number of ether oxygens (including phenoxy) is 3. The van der Waals surface area contributed by atoms with Crippen molar-refractivity contribution in [1.29, 1.82) is 0 Å². The highest BCUT2D eigenvalue weighted by atomic mass is 19.1. The van der Waals surface area contributed by atoms with Gasteiger partial charge in [-0.3, -0.25) is 18.7 Å². The smallest absolute Gasteiger partial charge is 0.332 e. The molecule has 5 rings (SSSR count). The number of aromatic nitrogens is 2. The third-order valence-corrected chi connectivity index (χ3v) is 7.61. The van der Waals surface area contributed by atoms with E-state index in [0.717, 1.165) is 36.0 Å². The summed E-state index contributed by atoms with van der Waals surface area (Å²) in [5, 5.41) is -0.0355. The Labute approximate surface area is 234 Å². The van der Waals surface area contributed by atoms with Crippen LogP contribution in [0, 0.1) is 11.7 Å². The van der Waals surface area contributed by atoms with Crippen LogP contribution in [0.3, 0.4) is 0 Å². The molecule has 3 aromatic rings. The normalized spacial score (nSPS) is 15.9. The maximum Gasteiger partial charge on any atom is 0.332 e. The number of nitrogens with zero attached hydrogens (tertiary/aromatic N) is 3. The van der Waals surface area contributed by atoms with E-state index >= 15 is 4.39 Å². The first kappa shape index (κ1) is 28.6. The summed E-state index contributed by atoms with van der Waals surface area (Å²) in [7, 11) is 1.50. The number of halogens is 3. The van der Waals surface area contributed by atoms with Crippen molar-refractivity contribution in [1.82, 2.24) is 14.0 Å². The molecule has 2 aromatic carbocycles. The second kappa shape index (κ2) is 12.3. The van der Waals surface area contributed by atoms with Crippen LogP contribution in [0.25, 0.3) is 10.9 Å². The molecule has 12 heteroatoms. The lowest BCUT2D eigenvalue weighted by atomic mass is 10.0. The van der Waals surface area contributed by atoms with Crippen molar-refractivity contribution in [2.24, 2.45) is 5.92 Å². The molecule has 0 N–H and O–H groups in total. The second-order valence-corrected chi connectivity index (χ2v) is 10.5. The third-order valence-electron chi connectivity index (χ3n) is 7.61. The van der Waals surface area contributed by atoms with E-state index in [0.29, 0.717) is 55.5 Å². The maximum absolute atomic E-state index is 15.1. The van der Waals surface area contributed by atoms with Gasteiger partial charge in [-0.15, -0.1) is 0 Å². The van der Waals surface area contributed by atoms with Gasteiger partial charge in [-0.25, -0.2) is 18.0 Å². The van der Waals surface area contributed by atoms with Crippen LogP contribution in [0.5, 0.6) is 17.2 Å². The zero-order valence-electron chi connectivity index (χ0n) is 22.7. The van der Waals surface area contributed by atoms with Gasteiger partial charge in [0.05, 0.1) is 31.2 Å². The van der Waals surface area contributed by atoms with Gasteiger partial charge in [-0.2, -0.15) is 0 Å². The van der Waals surface area contributed by atoms with Crippen LogP contribution < -0.4 is 25.5 Å². The Kier molecular flexibility index (Phi) is 8.55. The van der Waals surface area contributed by atoms with Gasteiger partial charge in [0.15, 0.2) is 29.2 Å². The molecular weight excluding hydrogens is 543 g/mol. The Morgan fingerprint density at radius 1 is 1.00 bits per heavy atom. The largest absolute Gasteiger partial charge is 0.493 e. The molecule has 0 unspecified atom stereocenters. The molecule has 220 valence electrons. The highest BCUT2D eigenvalue weighted by Crippen LogP contribution is 2.33. The lowest BCUT2D eigenvalue weighted by Crippen LogP contribution is -2.44. The van der Waals surface area contributed by atoms with Crippen LogP contribution in [0.4, 0.5) is 13.2 Å². The van der Waals surface area contributed by atoms with Gasteiger partial charge >= 0.3 is 5.69 Å². The van der Waals surface area contributed by atoms with E-state index in [-0.39, 0.29) is 17.4 Å². The van der Waals surface area contributed by atoms with Gasteiger partial charge in [0, 0.05) is 25.2 Å². The lowest BCUT2D eigenvalue weighted by Gasteiger charge is -2.31. The Morgan fingerprint density at radius 3 is 2.37 bits per heavy atom. The number of rotatable bonds is 12. The lowest BCUT2D eigenvalue weighted by molar-refractivity contribution is -0.119. The third kappa shape index (κ3) is 6.06. The number of benzene rings is 2. The average Bonchev–Trinajstić information content (AvgIpc) is 3.83. The van der Waals surface area contributed by atoms with Crippen molar-refractivity contribution >= 4 is 17.3 Å². The molecule has 0 radical (unpaired) electrons. The molecule has 0 bridgehead atoms. The van der Waals surface area contributed by atoms with Gasteiger partial charge < -0.3 is 19.1 Å². The first-order valence-electron chi connectivity index (χ1n) is 13.6. The SMILES string of the molecule is COc1cc(Cn2c(=O)c3cc(OC(CF)CF)c(F)cc3n(C3CCN(C=O)CC3)c2=O)ccc1OCC1CC1. The second-order valence-electron chi connectivity index (χ2n) is 10.5. The fraction of sp³-hybridized carbons (Fsp3) is 0.483. The Bertz CT molecular complexity index is 1520. The molecule has 9 nitrogen and oxygen atoms in total. The number of hydrogen-bond acceptors (Lipinski definition) is 6. The summed E-state index contributed by atoms with van der Waals surface area (Å²) in [4.78, 5) is 40.4. The molecule has 2 aliphatic rings. The van der Waals surface area contributed by atoms with E-state index in [9.17, 15) is 23.2 Å². The molecule has 1 saturated heterocycles. The minimum Gasteiger partial charge on any atom is -0.493 e. The van der Waals surface area contributed by atoms with Gasteiger partial charge in [0.25, 0.3) is 5.56 Å². The van der Waals surface area contributed by atoms with Gasteiger partial charge in [0.2, 0.25) is 6.41 Å². The average molecular weight is 576 g/mol. The quantitative estimate of drug-likeness (QED) is 0.307. The molecule has 2 fully saturated rings. The van der Waals surface area contributed by atoms with Crippen molar-refractivity contribution in [3.8, 4) is 17.2 Å². The van der Waals surface area contributed by atoms with E-state index in [2.05, 4.69) is 0 Å². The van der Waals surface area contributed by atoms with Crippen molar-refractivity contribution < 1.29 is 32.2 Å². The number of methoxy groups -OCH3 is 1.